The molecular weight excluding hydrogens is 268 g/mol. The van der Waals surface area contributed by atoms with Crippen molar-refractivity contribution in [3.8, 4) is 5.82 Å². The van der Waals surface area contributed by atoms with Crippen molar-refractivity contribution < 1.29 is 4.79 Å². The highest BCUT2D eigenvalue weighted by molar-refractivity contribution is 5.92. The van der Waals surface area contributed by atoms with Gasteiger partial charge >= 0.3 is 0 Å². The summed E-state index contributed by atoms with van der Waals surface area (Å²) in [6.45, 7) is 3.55. The Balaban J connectivity index is 2.13. The molecule has 7 nitrogen and oxygen atoms in total. The lowest BCUT2D eigenvalue weighted by molar-refractivity contribution is 0.100. The molecule has 0 spiro atoms. The van der Waals surface area contributed by atoms with Gasteiger partial charge in [0.25, 0.3) is 5.91 Å². The largest absolute Gasteiger partial charge is 0.366 e. The van der Waals surface area contributed by atoms with Gasteiger partial charge < -0.3 is 15.5 Å². The molecule has 1 amide bonds. The van der Waals surface area contributed by atoms with E-state index in [1.54, 1.807) is 10.9 Å². The smallest absolute Gasteiger partial charge is 0.251 e. The number of carbonyl (C=O) groups is 1. The average molecular weight is 284 g/mol. The third kappa shape index (κ3) is 2.38. The topological polar surface area (TPSA) is 90.2 Å². The van der Waals surface area contributed by atoms with E-state index in [2.05, 4.69) is 15.4 Å². The van der Waals surface area contributed by atoms with E-state index in [1.165, 1.54) is 6.20 Å². The fourth-order valence-corrected chi connectivity index (χ4v) is 2.19. The van der Waals surface area contributed by atoms with Crippen molar-refractivity contribution >= 4 is 11.6 Å². The summed E-state index contributed by atoms with van der Waals surface area (Å²) in [5.41, 5.74) is 7.44. The summed E-state index contributed by atoms with van der Waals surface area (Å²) >= 11 is 0. The molecule has 0 bridgehead atoms. The minimum absolute atomic E-state index is 0.362. The first-order chi connectivity index (χ1) is 10.2. The van der Waals surface area contributed by atoms with E-state index < -0.39 is 5.91 Å². The van der Waals surface area contributed by atoms with E-state index in [4.69, 9.17) is 5.73 Å². The average Bonchev–Trinajstić information content (AvgIpc) is 3.09. The van der Waals surface area contributed by atoms with Crippen molar-refractivity contribution in [2.45, 2.75) is 13.5 Å². The number of hydrogen-bond acceptors (Lipinski definition) is 4. The monoisotopic (exact) mass is 284 g/mol. The molecule has 3 N–H and O–H groups in total. The first-order valence-electron chi connectivity index (χ1n) is 6.72. The van der Waals surface area contributed by atoms with Crippen molar-refractivity contribution in [1.82, 2.24) is 24.5 Å². The van der Waals surface area contributed by atoms with Crippen LogP contribution >= 0.6 is 0 Å². The highest BCUT2D eigenvalue weighted by Crippen LogP contribution is 2.16. The van der Waals surface area contributed by atoms with E-state index in [1.807, 2.05) is 35.7 Å². The van der Waals surface area contributed by atoms with Crippen LogP contribution in [0.4, 0.5) is 0 Å². The second kappa shape index (κ2) is 5.37. The summed E-state index contributed by atoms with van der Waals surface area (Å²) in [5.74, 6) is 0.188. The van der Waals surface area contributed by atoms with Crippen LogP contribution in [0.1, 0.15) is 23.0 Å². The number of amides is 1. The molecule has 7 heteroatoms. The lowest BCUT2D eigenvalue weighted by Gasteiger charge is -2.05. The Morgan fingerprint density at radius 2 is 2.29 bits per heavy atom. The van der Waals surface area contributed by atoms with Gasteiger partial charge in [0, 0.05) is 18.9 Å². The lowest BCUT2D eigenvalue weighted by atomic mass is 10.3. The molecular formula is C14H16N6O. The van der Waals surface area contributed by atoms with Crippen LogP contribution in [0.5, 0.6) is 0 Å². The fraction of sp³-hybridized carbons (Fsp3) is 0.214. The van der Waals surface area contributed by atoms with Gasteiger partial charge in [-0.05, 0) is 18.7 Å². The molecule has 3 aromatic heterocycles. The van der Waals surface area contributed by atoms with Gasteiger partial charge in [0.1, 0.15) is 5.65 Å². The molecule has 3 aromatic rings. The molecule has 3 heterocycles. The zero-order valence-electron chi connectivity index (χ0n) is 11.7. The molecule has 108 valence electrons. The Hall–Kier alpha value is -2.67. The number of imidazole rings is 1. The number of aromatic nitrogens is 4. The number of carbonyl (C=O) groups excluding carboxylic acids is 1. The molecule has 0 aromatic carbocycles. The van der Waals surface area contributed by atoms with Crippen LogP contribution in [0.25, 0.3) is 11.5 Å². The van der Waals surface area contributed by atoms with Crippen molar-refractivity contribution in [3.63, 3.8) is 0 Å². The van der Waals surface area contributed by atoms with Gasteiger partial charge in [0.05, 0.1) is 17.5 Å². The maximum Gasteiger partial charge on any atom is 0.251 e. The van der Waals surface area contributed by atoms with Crippen LogP contribution in [0.3, 0.4) is 0 Å². The van der Waals surface area contributed by atoms with Crippen LogP contribution in [0, 0.1) is 0 Å². The number of hydrogen-bond donors (Lipinski definition) is 2. The number of fused-ring (bicyclic) bond motifs is 1. The van der Waals surface area contributed by atoms with Crippen LogP contribution in [0.15, 0.2) is 36.8 Å². The van der Waals surface area contributed by atoms with Gasteiger partial charge in [-0.2, -0.15) is 5.10 Å². The summed E-state index contributed by atoms with van der Waals surface area (Å²) in [7, 11) is 0. The fourth-order valence-electron chi connectivity index (χ4n) is 2.19. The molecule has 0 aliphatic heterocycles. The van der Waals surface area contributed by atoms with Gasteiger partial charge in [-0.15, -0.1) is 0 Å². The van der Waals surface area contributed by atoms with Crippen molar-refractivity contribution in [1.29, 1.82) is 0 Å². The number of primary amides is 1. The van der Waals surface area contributed by atoms with Gasteiger partial charge in [-0.3, -0.25) is 4.79 Å². The second-order valence-corrected chi connectivity index (χ2v) is 4.63. The molecule has 0 atom stereocenters. The zero-order valence-corrected chi connectivity index (χ0v) is 11.7. The quantitative estimate of drug-likeness (QED) is 0.722. The summed E-state index contributed by atoms with van der Waals surface area (Å²) in [5, 5.41) is 7.47. The number of rotatable bonds is 5. The Labute approximate surface area is 121 Å². The normalized spacial score (nSPS) is 11.1. The van der Waals surface area contributed by atoms with Crippen LogP contribution in [-0.2, 0) is 6.54 Å². The van der Waals surface area contributed by atoms with Crippen molar-refractivity contribution in [2.75, 3.05) is 6.54 Å². The summed E-state index contributed by atoms with van der Waals surface area (Å²) in [6, 6.07) is 5.81. The second-order valence-electron chi connectivity index (χ2n) is 4.63. The predicted octanol–water partition coefficient (Wildman–Crippen LogP) is 0.728. The molecule has 0 saturated heterocycles. The Morgan fingerprint density at radius 1 is 1.43 bits per heavy atom. The number of nitrogens with zero attached hydrogens (tertiary/aromatic N) is 4. The molecule has 3 rings (SSSR count). The third-order valence-electron chi connectivity index (χ3n) is 3.23. The van der Waals surface area contributed by atoms with Gasteiger partial charge in [0.15, 0.2) is 5.82 Å². The number of nitrogens with one attached hydrogen (secondary N) is 1. The Kier molecular flexibility index (Phi) is 3.41. The summed E-state index contributed by atoms with van der Waals surface area (Å²) < 4.78 is 3.59. The third-order valence-corrected chi connectivity index (χ3v) is 3.23. The zero-order chi connectivity index (χ0) is 14.8. The van der Waals surface area contributed by atoms with E-state index in [0.29, 0.717) is 17.9 Å². The maximum atomic E-state index is 11.2. The first kappa shape index (κ1) is 13.3. The molecule has 0 unspecified atom stereocenters. The van der Waals surface area contributed by atoms with E-state index in [9.17, 15) is 4.79 Å². The Bertz CT molecular complexity index is 788. The summed E-state index contributed by atoms with van der Waals surface area (Å²) in [6.07, 6.45) is 5.00. The standard InChI is InChI=1S/C14H16N6O/c1-2-16-8-11-14(18-12-5-3-4-6-19(11)12)20-9-10(7-17-20)13(15)21/h3-7,9,16H,2,8H2,1H3,(H2,15,21). The number of pyridine rings is 1. The van der Waals surface area contributed by atoms with Crippen LogP contribution in [0.2, 0.25) is 0 Å². The summed E-state index contributed by atoms with van der Waals surface area (Å²) in [4.78, 5) is 15.8. The molecule has 21 heavy (non-hydrogen) atoms. The first-order valence-corrected chi connectivity index (χ1v) is 6.72. The maximum absolute atomic E-state index is 11.2. The van der Waals surface area contributed by atoms with Gasteiger partial charge in [0.2, 0.25) is 0 Å². The van der Waals surface area contributed by atoms with Gasteiger partial charge in [-0.25, -0.2) is 9.67 Å². The van der Waals surface area contributed by atoms with E-state index in [0.717, 1.165) is 17.9 Å². The minimum atomic E-state index is -0.502. The number of nitrogens with two attached hydrogens (primary N) is 1. The Morgan fingerprint density at radius 3 is 3.00 bits per heavy atom. The SMILES string of the molecule is CCNCc1c(-n2cc(C(N)=O)cn2)nc2ccccn12. The van der Waals surface area contributed by atoms with E-state index in [-0.39, 0.29) is 0 Å². The van der Waals surface area contributed by atoms with Crippen molar-refractivity contribution in [3.05, 3.63) is 48.0 Å². The van der Waals surface area contributed by atoms with E-state index >= 15 is 0 Å². The minimum Gasteiger partial charge on any atom is -0.366 e. The highest BCUT2D eigenvalue weighted by Gasteiger charge is 2.15. The molecule has 0 aliphatic rings. The molecule has 0 radical (unpaired) electrons. The molecule has 0 fully saturated rings. The van der Waals surface area contributed by atoms with Crippen LogP contribution in [-0.4, -0.2) is 31.6 Å². The molecule has 0 aliphatic carbocycles. The predicted molar refractivity (Wildman–Crippen MR) is 78.2 cm³/mol. The van der Waals surface area contributed by atoms with Crippen molar-refractivity contribution in [2.24, 2.45) is 5.73 Å². The lowest BCUT2D eigenvalue weighted by Crippen LogP contribution is -2.15. The molecule has 0 saturated carbocycles. The van der Waals surface area contributed by atoms with Gasteiger partial charge in [-0.1, -0.05) is 13.0 Å². The van der Waals surface area contributed by atoms with Crippen LogP contribution < -0.4 is 11.1 Å². The highest BCUT2D eigenvalue weighted by atomic mass is 16.1.